The molecular weight excluding hydrogens is 404 g/mol. The van der Waals surface area contributed by atoms with E-state index in [1.165, 1.54) is 0 Å². The number of aromatic hydroxyl groups is 1. The van der Waals surface area contributed by atoms with Gasteiger partial charge in [0.25, 0.3) is 0 Å². The second-order valence-corrected chi connectivity index (χ2v) is 7.40. The molecule has 2 N–H and O–H groups in total. The van der Waals surface area contributed by atoms with Crippen molar-refractivity contribution in [2.45, 2.75) is 0 Å². The van der Waals surface area contributed by atoms with Gasteiger partial charge in [0.05, 0.1) is 25.6 Å². The monoisotopic (exact) mass is 424 g/mol. The molecule has 0 saturated carbocycles. The van der Waals surface area contributed by atoms with Gasteiger partial charge in [-0.15, -0.1) is 0 Å². The van der Waals surface area contributed by atoms with Crippen LogP contribution in [0, 0.1) is 0 Å². The second-order valence-electron chi connectivity index (χ2n) is 7.40. The standard InChI is InChI=1S/C26H20N2O4/c1-31-23-13-16(12-22-26(30)18-8-4-6-10-20(18)28-22)24(32-2)14-15(23)11-21-25(29)17-7-3-5-9-19(17)27-21/h3-14,27,29H,1-2H3. The SMILES string of the molecule is COc1cc(=Cc2[nH]c3ccccc3c2O)c(OC)cc1=CC1=Nc2ccccc2C1=O. The largest absolute Gasteiger partial charge is 0.505 e. The summed E-state index contributed by atoms with van der Waals surface area (Å²) in [7, 11) is 3.14. The Labute approximate surface area is 183 Å². The Morgan fingerprint density at radius 3 is 2.25 bits per heavy atom. The predicted octanol–water partition coefficient (Wildman–Crippen LogP) is 3.47. The van der Waals surface area contributed by atoms with Crippen LogP contribution in [-0.2, 0) is 0 Å². The van der Waals surface area contributed by atoms with E-state index in [4.69, 9.17) is 9.47 Å². The van der Waals surface area contributed by atoms with Gasteiger partial charge in [0.15, 0.2) is 0 Å². The fourth-order valence-electron chi connectivity index (χ4n) is 3.91. The minimum Gasteiger partial charge on any atom is -0.505 e. The average Bonchev–Trinajstić information content (AvgIpc) is 3.31. The van der Waals surface area contributed by atoms with Crippen LogP contribution < -0.4 is 19.9 Å². The van der Waals surface area contributed by atoms with Crippen LogP contribution in [0.15, 0.2) is 65.7 Å². The van der Waals surface area contributed by atoms with Gasteiger partial charge in [-0.2, -0.15) is 0 Å². The summed E-state index contributed by atoms with van der Waals surface area (Å²) in [6, 6.07) is 18.4. The lowest BCUT2D eigenvalue weighted by Crippen LogP contribution is -2.18. The maximum absolute atomic E-state index is 12.7. The number of hydrogen-bond donors (Lipinski definition) is 2. The molecule has 0 amide bonds. The molecule has 6 heteroatoms. The third-order valence-electron chi connectivity index (χ3n) is 5.50. The van der Waals surface area contributed by atoms with E-state index in [0.717, 1.165) is 10.9 Å². The number of carbonyl (C=O) groups is 1. The molecule has 0 atom stereocenters. The van der Waals surface area contributed by atoms with Gasteiger partial charge in [0.1, 0.15) is 23.0 Å². The van der Waals surface area contributed by atoms with Crippen LogP contribution in [-0.4, -0.2) is 35.8 Å². The molecule has 1 aliphatic rings. The fraction of sp³-hybridized carbons (Fsp3) is 0.0769. The third kappa shape index (κ3) is 3.22. The van der Waals surface area contributed by atoms with E-state index in [9.17, 15) is 9.90 Å². The van der Waals surface area contributed by atoms with Crippen LogP contribution in [0.2, 0.25) is 0 Å². The number of aliphatic imine (C=N–C) groups is 1. The Morgan fingerprint density at radius 2 is 1.56 bits per heavy atom. The summed E-state index contributed by atoms with van der Waals surface area (Å²) in [6.45, 7) is 0. The Balaban J connectivity index is 1.65. The molecular formula is C26H20N2O4. The summed E-state index contributed by atoms with van der Waals surface area (Å²) in [4.78, 5) is 20.4. The molecule has 0 spiro atoms. The highest BCUT2D eigenvalue weighted by Gasteiger charge is 2.22. The molecule has 0 fully saturated rings. The van der Waals surface area contributed by atoms with Crippen molar-refractivity contribution in [2.24, 2.45) is 4.99 Å². The van der Waals surface area contributed by atoms with Crippen molar-refractivity contribution in [1.29, 1.82) is 0 Å². The van der Waals surface area contributed by atoms with Gasteiger partial charge in [-0.3, -0.25) is 4.79 Å². The van der Waals surface area contributed by atoms with E-state index in [1.54, 1.807) is 38.5 Å². The number of rotatable bonds is 4. The average molecular weight is 424 g/mol. The van der Waals surface area contributed by atoms with Crippen molar-refractivity contribution in [2.75, 3.05) is 14.2 Å². The number of aromatic amines is 1. The quantitative estimate of drug-likeness (QED) is 0.526. The number of aromatic nitrogens is 1. The lowest BCUT2D eigenvalue weighted by molar-refractivity contribution is 0.107. The van der Waals surface area contributed by atoms with Crippen molar-refractivity contribution in [3.63, 3.8) is 0 Å². The second kappa shape index (κ2) is 7.74. The topological polar surface area (TPSA) is 83.9 Å². The number of hydrogen-bond acceptors (Lipinski definition) is 5. The van der Waals surface area contributed by atoms with E-state index in [2.05, 4.69) is 9.98 Å². The zero-order chi connectivity index (χ0) is 22.2. The molecule has 32 heavy (non-hydrogen) atoms. The van der Waals surface area contributed by atoms with E-state index < -0.39 is 0 Å². The fourth-order valence-corrected chi connectivity index (χ4v) is 3.91. The summed E-state index contributed by atoms with van der Waals surface area (Å²) in [5, 5.41) is 12.7. The van der Waals surface area contributed by atoms with Gasteiger partial charge in [0, 0.05) is 26.9 Å². The number of Topliss-reactive ketones (excluding diaryl/α,β-unsaturated/α-hetero) is 1. The maximum Gasteiger partial charge on any atom is 0.213 e. The van der Waals surface area contributed by atoms with Crippen LogP contribution >= 0.6 is 0 Å². The molecule has 0 aliphatic carbocycles. The van der Waals surface area contributed by atoms with Crippen LogP contribution in [0.25, 0.3) is 23.1 Å². The van der Waals surface area contributed by atoms with Crippen molar-refractivity contribution in [3.8, 4) is 17.2 Å². The van der Waals surface area contributed by atoms with Gasteiger partial charge in [0.2, 0.25) is 5.78 Å². The first kappa shape index (κ1) is 19.6. The molecule has 4 aromatic rings. The van der Waals surface area contributed by atoms with Crippen LogP contribution in [0.1, 0.15) is 16.1 Å². The van der Waals surface area contributed by atoms with Crippen molar-refractivity contribution >= 4 is 40.2 Å². The molecule has 1 aromatic heterocycles. The Hall–Kier alpha value is -4.32. The molecule has 0 radical (unpaired) electrons. The van der Waals surface area contributed by atoms with Gasteiger partial charge in [-0.25, -0.2) is 4.99 Å². The molecule has 1 aliphatic heterocycles. The van der Waals surface area contributed by atoms with Crippen molar-refractivity contribution in [3.05, 3.63) is 82.4 Å². The lowest BCUT2D eigenvalue weighted by atomic mass is 10.1. The first-order valence-corrected chi connectivity index (χ1v) is 10.1. The Morgan fingerprint density at radius 1 is 0.906 bits per heavy atom. The molecule has 5 rings (SSSR count). The summed E-state index contributed by atoms with van der Waals surface area (Å²) in [5.74, 6) is 1.17. The number of fused-ring (bicyclic) bond motifs is 2. The number of H-pyrrole nitrogens is 1. The van der Waals surface area contributed by atoms with Gasteiger partial charge in [-0.05, 0) is 48.6 Å². The summed E-state index contributed by atoms with van der Waals surface area (Å²) in [6.07, 6.45) is 3.50. The number of ether oxygens (including phenoxy) is 2. The number of carbonyl (C=O) groups excluding carboxylic acids is 1. The van der Waals surface area contributed by atoms with Gasteiger partial charge < -0.3 is 19.6 Å². The number of benzene rings is 3. The number of nitrogens with zero attached hydrogens (tertiary/aromatic N) is 1. The molecule has 0 saturated heterocycles. The van der Waals surface area contributed by atoms with Gasteiger partial charge in [-0.1, -0.05) is 24.3 Å². The first-order valence-electron chi connectivity index (χ1n) is 10.1. The van der Waals surface area contributed by atoms with E-state index >= 15 is 0 Å². The highest BCUT2D eigenvalue weighted by Crippen LogP contribution is 2.29. The van der Waals surface area contributed by atoms with Crippen LogP contribution in [0.3, 0.4) is 0 Å². The molecule has 0 unspecified atom stereocenters. The van der Waals surface area contributed by atoms with Crippen molar-refractivity contribution < 1.29 is 19.4 Å². The molecule has 0 bridgehead atoms. The maximum atomic E-state index is 12.7. The summed E-state index contributed by atoms with van der Waals surface area (Å²) >= 11 is 0. The minimum absolute atomic E-state index is 0.125. The highest BCUT2D eigenvalue weighted by atomic mass is 16.5. The minimum atomic E-state index is -0.125. The Kier molecular flexibility index (Phi) is 4.75. The predicted molar refractivity (Wildman–Crippen MR) is 125 cm³/mol. The molecule has 3 aromatic carbocycles. The first-order chi connectivity index (χ1) is 15.6. The van der Waals surface area contributed by atoms with E-state index in [-0.39, 0.29) is 11.5 Å². The normalized spacial score (nSPS) is 14.1. The number of para-hydroxylation sites is 2. The summed E-state index contributed by atoms with van der Waals surface area (Å²) < 4.78 is 11.2. The number of nitrogens with one attached hydrogen (secondary N) is 1. The molecule has 6 nitrogen and oxygen atoms in total. The lowest BCUT2D eigenvalue weighted by Gasteiger charge is -2.07. The third-order valence-corrected chi connectivity index (χ3v) is 5.50. The summed E-state index contributed by atoms with van der Waals surface area (Å²) in [5.41, 5.74) is 2.99. The van der Waals surface area contributed by atoms with Crippen LogP contribution in [0.4, 0.5) is 5.69 Å². The van der Waals surface area contributed by atoms with E-state index in [0.29, 0.717) is 44.6 Å². The van der Waals surface area contributed by atoms with Gasteiger partial charge >= 0.3 is 0 Å². The van der Waals surface area contributed by atoms with Crippen molar-refractivity contribution in [1.82, 2.24) is 4.98 Å². The van der Waals surface area contributed by atoms with Crippen LogP contribution in [0.5, 0.6) is 17.2 Å². The zero-order valence-electron chi connectivity index (χ0n) is 17.5. The number of ketones is 1. The molecule has 158 valence electrons. The van der Waals surface area contributed by atoms with E-state index in [1.807, 2.05) is 48.5 Å². The smallest absolute Gasteiger partial charge is 0.213 e. The zero-order valence-corrected chi connectivity index (χ0v) is 17.5. The molecule has 2 heterocycles. The highest BCUT2D eigenvalue weighted by molar-refractivity contribution is 6.58. The number of methoxy groups -OCH3 is 2. The Bertz CT molecular complexity index is 1530.